The highest BCUT2D eigenvalue weighted by Gasteiger charge is 2.08. The number of nitrogens with two attached hydrogens (primary N) is 1. The molecule has 0 atom stereocenters. The molecule has 0 saturated carbocycles. The third-order valence-electron chi connectivity index (χ3n) is 1.91. The number of rotatable bonds is 5. The van der Waals surface area contributed by atoms with Crippen molar-refractivity contribution < 1.29 is 14.5 Å². The van der Waals surface area contributed by atoms with E-state index in [1.54, 1.807) is 6.92 Å². The highest BCUT2D eigenvalue weighted by Crippen LogP contribution is 2.17. The van der Waals surface area contributed by atoms with Gasteiger partial charge in [0.05, 0.1) is 11.5 Å². The zero-order chi connectivity index (χ0) is 12.8. The molecule has 0 aromatic carbocycles. The van der Waals surface area contributed by atoms with Crippen LogP contribution in [-0.2, 0) is 4.74 Å². The molecule has 0 unspecified atom stereocenters. The van der Waals surface area contributed by atoms with Crippen LogP contribution in [0.25, 0.3) is 0 Å². The fourth-order valence-corrected chi connectivity index (χ4v) is 1.17. The minimum Gasteiger partial charge on any atom is -0.448 e. The predicted molar refractivity (Wildman–Crippen MR) is 59.7 cm³/mol. The van der Waals surface area contributed by atoms with Crippen LogP contribution in [0, 0.1) is 17.0 Å². The van der Waals surface area contributed by atoms with Crippen LogP contribution in [0.2, 0.25) is 0 Å². The Bertz CT molecular complexity index is 435. The van der Waals surface area contributed by atoms with Gasteiger partial charge in [0.2, 0.25) is 0 Å². The number of primary amides is 1. The van der Waals surface area contributed by atoms with E-state index in [4.69, 9.17) is 5.73 Å². The number of aryl methyl sites for hydroxylation is 1. The number of ether oxygens (including phenoxy) is 1. The van der Waals surface area contributed by atoms with Gasteiger partial charge in [0.1, 0.15) is 18.6 Å². The molecule has 1 rings (SSSR count). The molecule has 0 aliphatic carbocycles. The highest BCUT2D eigenvalue weighted by molar-refractivity contribution is 5.64. The number of pyridine rings is 1. The number of nitrogens with one attached hydrogen (secondary N) is 1. The maximum atomic E-state index is 10.5. The summed E-state index contributed by atoms with van der Waals surface area (Å²) in [4.78, 5) is 24.1. The number of carbonyl (C=O) groups is 1. The molecule has 1 amide bonds. The first-order valence-electron chi connectivity index (χ1n) is 4.78. The minimum atomic E-state index is -0.847. The van der Waals surface area contributed by atoms with E-state index in [9.17, 15) is 14.9 Å². The van der Waals surface area contributed by atoms with E-state index >= 15 is 0 Å². The lowest BCUT2D eigenvalue weighted by atomic mass is 10.2. The van der Waals surface area contributed by atoms with Crippen LogP contribution >= 0.6 is 0 Å². The lowest BCUT2D eigenvalue weighted by molar-refractivity contribution is -0.385. The van der Waals surface area contributed by atoms with Crippen LogP contribution < -0.4 is 11.1 Å². The van der Waals surface area contributed by atoms with Crippen molar-refractivity contribution in [2.24, 2.45) is 5.73 Å². The highest BCUT2D eigenvalue weighted by atomic mass is 16.6. The molecule has 0 spiro atoms. The van der Waals surface area contributed by atoms with Crippen molar-refractivity contribution in [3.63, 3.8) is 0 Å². The molecule has 0 saturated heterocycles. The van der Waals surface area contributed by atoms with Crippen LogP contribution in [-0.4, -0.2) is 29.2 Å². The zero-order valence-electron chi connectivity index (χ0n) is 9.17. The molecule has 0 fully saturated rings. The van der Waals surface area contributed by atoms with Gasteiger partial charge >= 0.3 is 6.09 Å². The smallest absolute Gasteiger partial charge is 0.404 e. The van der Waals surface area contributed by atoms with E-state index < -0.39 is 11.0 Å². The summed E-state index contributed by atoms with van der Waals surface area (Å²) in [6.45, 7) is 2.12. The number of aromatic nitrogens is 1. The Kier molecular flexibility index (Phi) is 4.21. The molecule has 1 heterocycles. The van der Waals surface area contributed by atoms with Crippen molar-refractivity contribution in [3.05, 3.63) is 27.9 Å². The van der Waals surface area contributed by atoms with Gasteiger partial charge in [-0.15, -0.1) is 0 Å². The maximum Gasteiger partial charge on any atom is 0.404 e. The van der Waals surface area contributed by atoms with E-state index in [-0.39, 0.29) is 12.3 Å². The van der Waals surface area contributed by atoms with Crippen LogP contribution in [0.1, 0.15) is 5.56 Å². The summed E-state index contributed by atoms with van der Waals surface area (Å²) < 4.78 is 4.51. The second kappa shape index (κ2) is 5.64. The van der Waals surface area contributed by atoms with Gasteiger partial charge < -0.3 is 15.8 Å². The van der Waals surface area contributed by atoms with Crippen molar-refractivity contribution in [1.29, 1.82) is 0 Å². The van der Waals surface area contributed by atoms with Gasteiger partial charge in [0.15, 0.2) is 0 Å². The third-order valence-corrected chi connectivity index (χ3v) is 1.91. The molecular weight excluding hydrogens is 228 g/mol. The number of amides is 1. The summed E-state index contributed by atoms with van der Waals surface area (Å²) in [5.74, 6) is 0.503. The van der Waals surface area contributed by atoms with Gasteiger partial charge in [-0.3, -0.25) is 10.1 Å². The van der Waals surface area contributed by atoms with E-state index in [0.29, 0.717) is 17.9 Å². The fraction of sp³-hybridized carbons (Fsp3) is 0.333. The van der Waals surface area contributed by atoms with Crippen molar-refractivity contribution in [3.8, 4) is 0 Å². The standard InChI is InChI=1S/C9H12N4O4/c1-6-4-7(13(15)16)5-12-8(6)11-2-3-17-9(10)14/h4-5H,2-3H2,1H3,(H2,10,14)(H,11,12). The van der Waals surface area contributed by atoms with Gasteiger partial charge in [-0.2, -0.15) is 0 Å². The van der Waals surface area contributed by atoms with Gasteiger partial charge in [-0.05, 0) is 12.5 Å². The Hall–Kier alpha value is -2.38. The van der Waals surface area contributed by atoms with E-state index in [2.05, 4.69) is 15.0 Å². The Morgan fingerprint density at radius 3 is 2.94 bits per heavy atom. The summed E-state index contributed by atoms with van der Waals surface area (Å²) in [6.07, 6.45) is 0.310. The molecule has 1 aromatic heterocycles. The first-order chi connectivity index (χ1) is 8.00. The van der Waals surface area contributed by atoms with Crippen molar-refractivity contribution >= 4 is 17.6 Å². The Morgan fingerprint density at radius 2 is 2.41 bits per heavy atom. The number of nitro groups is 1. The summed E-state index contributed by atoms with van der Waals surface area (Å²) in [7, 11) is 0. The molecule has 0 aliphatic heterocycles. The average Bonchev–Trinajstić information content (AvgIpc) is 2.25. The first-order valence-corrected chi connectivity index (χ1v) is 4.78. The predicted octanol–water partition coefficient (Wildman–Crippen LogP) is 0.805. The third kappa shape index (κ3) is 3.93. The van der Waals surface area contributed by atoms with E-state index in [0.717, 1.165) is 6.20 Å². The van der Waals surface area contributed by atoms with Gasteiger partial charge in [-0.1, -0.05) is 0 Å². The second-order valence-corrected chi connectivity index (χ2v) is 3.21. The molecule has 8 heteroatoms. The fourth-order valence-electron chi connectivity index (χ4n) is 1.17. The molecule has 3 N–H and O–H groups in total. The zero-order valence-corrected chi connectivity index (χ0v) is 9.17. The SMILES string of the molecule is Cc1cc([N+](=O)[O-])cnc1NCCOC(N)=O. The molecular formula is C9H12N4O4. The first kappa shape index (κ1) is 12.7. The number of hydrogen-bond donors (Lipinski definition) is 2. The number of hydrogen-bond acceptors (Lipinski definition) is 6. The van der Waals surface area contributed by atoms with Crippen LogP contribution in [0.3, 0.4) is 0 Å². The Balaban J connectivity index is 2.54. The summed E-state index contributed by atoms with van der Waals surface area (Å²) in [5.41, 5.74) is 5.34. The molecule has 8 nitrogen and oxygen atoms in total. The summed E-state index contributed by atoms with van der Waals surface area (Å²) in [5, 5.41) is 13.3. The molecule has 17 heavy (non-hydrogen) atoms. The quantitative estimate of drug-likeness (QED) is 0.446. The largest absolute Gasteiger partial charge is 0.448 e. The monoisotopic (exact) mass is 240 g/mol. The number of carbonyl (C=O) groups excluding carboxylic acids is 1. The van der Waals surface area contributed by atoms with Gasteiger partial charge in [0.25, 0.3) is 5.69 Å². The molecule has 0 radical (unpaired) electrons. The minimum absolute atomic E-state index is 0.0681. The molecule has 0 bridgehead atoms. The van der Waals surface area contributed by atoms with Crippen LogP contribution in [0.4, 0.5) is 16.3 Å². The van der Waals surface area contributed by atoms with Crippen LogP contribution in [0.15, 0.2) is 12.3 Å². The Morgan fingerprint density at radius 1 is 1.71 bits per heavy atom. The number of nitrogens with zero attached hydrogens (tertiary/aromatic N) is 2. The lowest BCUT2D eigenvalue weighted by Crippen LogP contribution is -2.18. The lowest BCUT2D eigenvalue weighted by Gasteiger charge is -2.07. The number of anilines is 1. The average molecular weight is 240 g/mol. The normalized spacial score (nSPS) is 9.71. The summed E-state index contributed by atoms with van der Waals surface area (Å²) in [6, 6.07) is 1.41. The van der Waals surface area contributed by atoms with Gasteiger partial charge in [0, 0.05) is 6.07 Å². The van der Waals surface area contributed by atoms with E-state index in [1.165, 1.54) is 6.07 Å². The molecule has 0 aliphatic rings. The maximum absolute atomic E-state index is 10.5. The molecule has 92 valence electrons. The van der Waals surface area contributed by atoms with Crippen molar-refractivity contribution in [2.45, 2.75) is 6.92 Å². The Labute approximate surface area is 96.9 Å². The van der Waals surface area contributed by atoms with Crippen molar-refractivity contribution in [1.82, 2.24) is 4.98 Å². The summed E-state index contributed by atoms with van der Waals surface area (Å²) >= 11 is 0. The molecule has 1 aromatic rings. The van der Waals surface area contributed by atoms with Gasteiger partial charge in [-0.25, -0.2) is 9.78 Å². The van der Waals surface area contributed by atoms with Crippen LogP contribution in [0.5, 0.6) is 0 Å². The van der Waals surface area contributed by atoms with E-state index in [1.807, 2.05) is 0 Å². The van der Waals surface area contributed by atoms with Crippen molar-refractivity contribution in [2.75, 3.05) is 18.5 Å². The second-order valence-electron chi connectivity index (χ2n) is 3.21. The topological polar surface area (TPSA) is 120 Å².